The quantitative estimate of drug-likeness (QED) is 0.417. The van der Waals surface area contributed by atoms with Crippen molar-refractivity contribution in [3.8, 4) is 22.3 Å². The van der Waals surface area contributed by atoms with E-state index in [2.05, 4.69) is 0 Å². The van der Waals surface area contributed by atoms with Crippen molar-refractivity contribution in [3.63, 3.8) is 0 Å². The van der Waals surface area contributed by atoms with E-state index < -0.39 is 10.1 Å². The number of rotatable bonds is 1. The Morgan fingerprint density at radius 3 is 2.33 bits per heavy atom. The highest BCUT2D eigenvalue weighted by Crippen LogP contribution is 2.48. The summed E-state index contributed by atoms with van der Waals surface area (Å²) in [5.41, 5.74) is 10.4. The summed E-state index contributed by atoms with van der Waals surface area (Å²) in [4.78, 5) is -0.0981. The van der Waals surface area contributed by atoms with Crippen LogP contribution >= 0.6 is 0 Å². The summed E-state index contributed by atoms with van der Waals surface area (Å²) < 4.78 is 31.9. The van der Waals surface area contributed by atoms with Crippen LogP contribution in [0, 0.1) is 0 Å². The van der Waals surface area contributed by atoms with E-state index in [1.54, 1.807) is 6.07 Å². The normalized spacial score (nSPS) is 12.6. The van der Waals surface area contributed by atoms with Crippen molar-refractivity contribution in [1.82, 2.24) is 0 Å². The Balaban J connectivity index is 2.15. The first-order valence-corrected chi connectivity index (χ1v) is 7.84. The molecule has 0 amide bonds. The number of hydrogen-bond donors (Lipinski definition) is 2. The molecule has 0 radical (unpaired) electrons. The average molecular weight is 297 g/mol. The van der Waals surface area contributed by atoms with Gasteiger partial charge >= 0.3 is 0 Å². The number of benzene rings is 3. The molecule has 3 N–H and O–H groups in total. The molecule has 0 spiro atoms. The van der Waals surface area contributed by atoms with E-state index in [1.165, 1.54) is 12.1 Å². The van der Waals surface area contributed by atoms with Gasteiger partial charge in [-0.15, -0.1) is 0 Å². The zero-order valence-electron chi connectivity index (χ0n) is 10.9. The van der Waals surface area contributed by atoms with Crippen LogP contribution in [0.2, 0.25) is 0 Å². The second-order valence-electron chi connectivity index (χ2n) is 5.11. The van der Waals surface area contributed by atoms with Crippen LogP contribution in [-0.2, 0) is 10.1 Å². The lowest BCUT2D eigenvalue weighted by Gasteiger charge is -2.04. The van der Waals surface area contributed by atoms with Crippen LogP contribution in [0.15, 0.2) is 53.4 Å². The summed E-state index contributed by atoms with van der Waals surface area (Å²) in [6, 6.07) is 14.2. The standard InChI is InChI=1S/C16H11NO3S/c17-15-7-6-12-10-5-4-9(21(18,19)20)8-14(10)11-2-1-3-13(15)16(11)12/h1-8H,17H2,(H,18,19,20). The van der Waals surface area contributed by atoms with E-state index in [-0.39, 0.29) is 4.90 Å². The maximum atomic E-state index is 11.3. The minimum absolute atomic E-state index is 0.0981. The van der Waals surface area contributed by atoms with Gasteiger partial charge in [0.2, 0.25) is 0 Å². The predicted octanol–water partition coefficient (Wildman–Crippen LogP) is 3.32. The molecule has 1 aliphatic carbocycles. The maximum absolute atomic E-state index is 11.3. The minimum Gasteiger partial charge on any atom is -0.398 e. The largest absolute Gasteiger partial charge is 0.398 e. The summed E-state index contributed by atoms with van der Waals surface area (Å²) in [5.74, 6) is 0. The zero-order chi connectivity index (χ0) is 14.8. The van der Waals surface area contributed by atoms with E-state index in [0.717, 1.165) is 33.0 Å². The van der Waals surface area contributed by atoms with Crippen LogP contribution < -0.4 is 5.73 Å². The third-order valence-corrected chi connectivity index (χ3v) is 4.79. The molecule has 0 heterocycles. The summed E-state index contributed by atoms with van der Waals surface area (Å²) in [7, 11) is -4.21. The monoisotopic (exact) mass is 297 g/mol. The molecule has 5 heteroatoms. The van der Waals surface area contributed by atoms with Crippen molar-refractivity contribution in [2.75, 3.05) is 5.73 Å². The van der Waals surface area contributed by atoms with Crippen LogP contribution in [0.1, 0.15) is 0 Å². The van der Waals surface area contributed by atoms with E-state index in [9.17, 15) is 13.0 Å². The minimum atomic E-state index is -4.21. The van der Waals surface area contributed by atoms with Gasteiger partial charge in [-0.25, -0.2) is 0 Å². The molecule has 104 valence electrons. The number of nitrogen functional groups attached to an aromatic ring is 1. The Morgan fingerprint density at radius 1 is 0.857 bits per heavy atom. The molecule has 4 nitrogen and oxygen atoms in total. The highest BCUT2D eigenvalue weighted by atomic mass is 32.2. The van der Waals surface area contributed by atoms with E-state index in [1.807, 2.05) is 30.3 Å². The summed E-state index contributed by atoms with van der Waals surface area (Å²) >= 11 is 0. The SMILES string of the molecule is Nc1ccc2c3c(cccc13)-c1cc(S(=O)(=O)O)ccc1-2. The summed E-state index contributed by atoms with van der Waals surface area (Å²) in [5, 5.41) is 1.98. The lowest BCUT2D eigenvalue weighted by Crippen LogP contribution is -1.97. The van der Waals surface area contributed by atoms with Crippen LogP contribution in [-0.4, -0.2) is 13.0 Å². The van der Waals surface area contributed by atoms with Gasteiger partial charge in [0.05, 0.1) is 4.90 Å². The highest BCUT2D eigenvalue weighted by molar-refractivity contribution is 7.85. The molecule has 3 aromatic rings. The van der Waals surface area contributed by atoms with Gasteiger partial charge in [0.25, 0.3) is 10.1 Å². The molecule has 0 saturated heterocycles. The number of hydrogen-bond acceptors (Lipinski definition) is 3. The van der Waals surface area contributed by atoms with Gasteiger partial charge < -0.3 is 5.73 Å². The van der Waals surface area contributed by atoms with Crippen molar-refractivity contribution in [2.45, 2.75) is 4.90 Å². The van der Waals surface area contributed by atoms with Gasteiger partial charge in [0.15, 0.2) is 0 Å². The lowest BCUT2D eigenvalue weighted by molar-refractivity contribution is 0.483. The first-order valence-electron chi connectivity index (χ1n) is 6.40. The molecule has 0 aromatic heterocycles. The number of nitrogens with two attached hydrogens (primary N) is 1. The van der Waals surface area contributed by atoms with E-state index in [0.29, 0.717) is 5.69 Å². The Hall–Kier alpha value is -2.37. The molecule has 0 bridgehead atoms. The van der Waals surface area contributed by atoms with Gasteiger partial charge in [-0.2, -0.15) is 8.42 Å². The third kappa shape index (κ3) is 1.62. The van der Waals surface area contributed by atoms with Gasteiger partial charge in [-0.3, -0.25) is 4.55 Å². The van der Waals surface area contributed by atoms with Crippen molar-refractivity contribution < 1.29 is 13.0 Å². The lowest BCUT2D eigenvalue weighted by atomic mass is 10.0. The predicted molar refractivity (Wildman–Crippen MR) is 82.6 cm³/mol. The molecular weight excluding hydrogens is 286 g/mol. The smallest absolute Gasteiger partial charge is 0.294 e. The van der Waals surface area contributed by atoms with Crippen LogP contribution in [0.5, 0.6) is 0 Å². The van der Waals surface area contributed by atoms with Crippen LogP contribution in [0.4, 0.5) is 5.69 Å². The van der Waals surface area contributed by atoms with E-state index >= 15 is 0 Å². The van der Waals surface area contributed by atoms with Gasteiger partial charge in [-0.1, -0.05) is 30.3 Å². The molecule has 0 saturated carbocycles. The first-order chi connectivity index (χ1) is 9.97. The first kappa shape index (κ1) is 12.4. The Morgan fingerprint density at radius 2 is 1.57 bits per heavy atom. The van der Waals surface area contributed by atoms with Gasteiger partial charge in [-0.05, 0) is 45.8 Å². The van der Waals surface area contributed by atoms with Crippen molar-refractivity contribution >= 4 is 26.6 Å². The molecule has 4 rings (SSSR count). The number of fused-ring (bicyclic) bond motifs is 3. The third-order valence-electron chi connectivity index (χ3n) is 3.94. The molecule has 3 aromatic carbocycles. The Bertz CT molecular complexity index is 1020. The molecular formula is C16H11NO3S. The molecule has 0 aliphatic heterocycles. The van der Waals surface area contributed by atoms with Crippen molar-refractivity contribution in [2.24, 2.45) is 0 Å². The average Bonchev–Trinajstić information content (AvgIpc) is 2.77. The highest BCUT2D eigenvalue weighted by Gasteiger charge is 2.23. The molecule has 1 aliphatic rings. The fourth-order valence-corrected chi connectivity index (χ4v) is 3.53. The summed E-state index contributed by atoms with van der Waals surface area (Å²) in [6.45, 7) is 0. The van der Waals surface area contributed by atoms with Crippen LogP contribution in [0.25, 0.3) is 33.0 Å². The topological polar surface area (TPSA) is 80.4 Å². The second-order valence-corrected chi connectivity index (χ2v) is 6.53. The molecule has 0 fully saturated rings. The Labute approximate surface area is 121 Å². The van der Waals surface area contributed by atoms with Crippen molar-refractivity contribution in [1.29, 1.82) is 0 Å². The summed E-state index contributed by atoms with van der Waals surface area (Å²) in [6.07, 6.45) is 0. The van der Waals surface area contributed by atoms with Gasteiger partial charge in [0, 0.05) is 11.1 Å². The second kappa shape index (κ2) is 3.84. The molecule has 21 heavy (non-hydrogen) atoms. The van der Waals surface area contributed by atoms with E-state index in [4.69, 9.17) is 5.73 Å². The number of anilines is 1. The zero-order valence-corrected chi connectivity index (χ0v) is 11.7. The fraction of sp³-hybridized carbons (Fsp3) is 0. The molecule has 0 unspecified atom stereocenters. The molecule has 0 atom stereocenters. The Kier molecular flexibility index (Phi) is 2.26. The van der Waals surface area contributed by atoms with Crippen molar-refractivity contribution in [3.05, 3.63) is 48.5 Å². The maximum Gasteiger partial charge on any atom is 0.294 e. The van der Waals surface area contributed by atoms with Gasteiger partial charge in [0.1, 0.15) is 0 Å². The fourth-order valence-electron chi connectivity index (χ4n) is 3.02. The van der Waals surface area contributed by atoms with Crippen LogP contribution in [0.3, 0.4) is 0 Å².